The van der Waals surface area contributed by atoms with Crippen LogP contribution in [-0.2, 0) is 11.3 Å². The number of hydrogen-bond acceptors (Lipinski definition) is 3. The molecule has 0 saturated carbocycles. The van der Waals surface area contributed by atoms with Gasteiger partial charge in [0.25, 0.3) is 5.91 Å². The maximum Gasteiger partial charge on any atom is 0.255 e. The first-order valence-electron chi connectivity index (χ1n) is 7.81. The Morgan fingerprint density at radius 2 is 1.96 bits per heavy atom. The van der Waals surface area contributed by atoms with E-state index in [9.17, 15) is 9.18 Å². The Morgan fingerprint density at radius 1 is 1.26 bits per heavy atom. The van der Waals surface area contributed by atoms with Gasteiger partial charge in [0.1, 0.15) is 5.82 Å². The summed E-state index contributed by atoms with van der Waals surface area (Å²) >= 11 is 1.55. The average molecular weight is 333 g/mol. The first kappa shape index (κ1) is 16.1. The van der Waals surface area contributed by atoms with E-state index in [1.807, 2.05) is 22.6 Å². The Labute approximate surface area is 139 Å². The van der Waals surface area contributed by atoms with Crippen LogP contribution in [-0.4, -0.2) is 30.1 Å². The van der Waals surface area contributed by atoms with Crippen molar-refractivity contribution in [2.75, 3.05) is 13.2 Å². The van der Waals surface area contributed by atoms with Crippen LogP contribution in [0.25, 0.3) is 0 Å². The number of hydrogen-bond donors (Lipinski definition) is 0. The molecule has 1 saturated heterocycles. The van der Waals surface area contributed by atoms with Crippen LogP contribution in [0.3, 0.4) is 0 Å². The zero-order chi connectivity index (χ0) is 16.2. The monoisotopic (exact) mass is 333 g/mol. The first-order valence-corrected chi connectivity index (χ1v) is 8.75. The maximum absolute atomic E-state index is 13.1. The number of thiophene rings is 1. The zero-order valence-electron chi connectivity index (χ0n) is 13.1. The molecule has 0 atom stereocenters. The van der Waals surface area contributed by atoms with Crippen molar-refractivity contribution < 1.29 is 13.9 Å². The highest BCUT2D eigenvalue weighted by Crippen LogP contribution is 2.23. The van der Waals surface area contributed by atoms with Crippen molar-refractivity contribution in [2.45, 2.75) is 32.4 Å². The molecule has 1 aromatic carbocycles. The van der Waals surface area contributed by atoms with Gasteiger partial charge in [0, 0.05) is 31.2 Å². The van der Waals surface area contributed by atoms with E-state index in [-0.39, 0.29) is 17.8 Å². The lowest BCUT2D eigenvalue weighted by Crippen LogP contribution is -2.43. The Kier molecular flexibility index (Phi) is 5.08. The van der Waals surface area contributed by atoms with Gasteiger partial charge in [-0.3, -0.25) is 4.79 Å². The average Bonchev–Trinajstić information content (AvgIpc) is 3.00. The lowest BCUT2D eigenvalue weighted by atomic mass is 10.0. The van der Waals surface area contributed by atoms with E-state index in [1.54, 1.807) is 23.5 Å². The fraction of sp³-hybridized carbons (Fsp3) is 0.389. The van der Waals surface area contributed by atoms with Crippen molar-refractivity contribution in [2.24, 2.45) is 0 Å². The van der Waals surface area contributed by atoms with Gasteiger partial charge in [-0.15, -0.1) is 0 Å². The van der Waals surface area contributed by atoms with E-state index in [4.69, 9.17) is 4.74 Å². The molecule has 0 radical (unpaired) electrons. The van der Waals surface area contributed by atoms with Gasteiger partial charge < -0.3 is 9.64 Å². The third kappa shape index (κ3) is 3.79. The van der Waals surface area contributed by atoms with Crippen LogP contribution < -0.4 is 0 Å². The summed E-state index contributed by atoms with van der Waals surface area (Å²) in [5.74, 6) is -0.202. The quantitative estimate of drug-likeness (QED) is 0.846. The predicted octanol–water partition coefficient (Wildman–Crippen LogP) is 4.02. The highest BCUT2D eigenvalue weighted by atomic mass is 32.1. The second-order valence-corrected chi connectivity index (χ2v) is 6.62. The predicted molar refractivity (Wildman–Crippen MR) is 89.2 cm³/mol. The van der Waals surface area contributed by atoms with Gasteiger partial charge in [-0.05, 0) is 48.4 Å². The van der Waals surface area contributed by atoms with Gasteiger partial charge in [-0.1, -0.05) is 12.1 Å². The van der Waals surface area contributed by atoms with E-state index in [2.05, 4.69) is 0 Å². The summed E-state index contributed by atoms with van der Waals surface area (Å²) in [6, 6.07) is 6.54. The standard InChI is InChI=1S/C18H20FNO2S/c1-13-11-23-12-17(13)18(21)20(16-6-8-22-9-7-16)10-14-2-4-15(19)5-3-14/h2-5,11-12,16H,6-10H2,1H3. The van der Waals surface area contributed by atoms with E-state index < -0.39 is 0 Å². The molecule has 1 fully saturated rings. The molecule has 0 bridgehead atoms. The molecule has 1 aliphatic heterocycles. The Morgan fingerprint density at radius 3 is 2.57 bits per heavy atom. The summed E-state index contributed by atoms with van der Waals surface area (Å²) < 4.78 is 18.5. The molecule has 3 rings (SSSR count). The largest absolute Gasteiger partial charge is 0.381 e. The second-order valence-electron chi connectivity index (χ2n) is 5.87. The van der Waals surface area contributed by atoms with Crippen LogP contribution in [0.4, 0.5) is 4.39 Å². The fourth-order valence-corrected chi connectivity index (χ4v) is 3.71. The van der Waals surface area contributed by atoms with Crippen LogP contribution in [0.15, 0.2) is 35.0 Å². The molecule has 1 aliphatic rings. The van der Waals surface area contributed by atoms with Crippen LogP contribution >= 0.6 is 11.3 Å². The molecule has 0 spiro atoms. The molecule has 122 valence electrons. The minimum absolute atomic E-state index is 0.0555. The maximum atomic E-state index is 13.1. The molecule has 0 N–H and O–H groups in total. The second kappa shape index (κ2) is 7.23. The molecular weight excluding hydrogens is 313 g/mol. The van der Waals surface area contributed by atoms with Gasteiger partial charge in [-0.2, -0.15) is 11.3 Å². The number of amides is 1. The molecule has 3 nitrogen and oxygen atoms in total. The Bertz CT molecular complexity index is 662. The smallest absolute Gasteiger partial charge is 0.255 e. The molecule has 23 heavy (non-hydrogen) atoms. The number of rotatable bonds is 4. The number of nitrogens with zero attached hydrogens (tertiary/aromatic N) is 1. The minimum atomic E-state index is -0.258. The summed E-state index contributed by atoms with van der Waals surface area (Å²) in [4.78, 5) is 14.9. The third-order valence-electron chi connectivity index (χ3n) is 4.24. The molecule has 2 heterocycles. The molecule has 1 aromatic heterocycles. The first-order chi connectivity index (χ1) is 11.1. The summed E-state index contributed by atoms with van der Waals surface area (Å²) in [5.41, 5.74) is 2.72. The molecule has 1 amide bonds. The summed E-state index contributed by atoms with van der Waals surface area (Å²) in [5, 5.41) is 3.90. The summed E-state index contributed by atoms with van der Waals surface area (Å²) in [6.45, 7) is 3.82. The number of carbonyl (C=O) groups excluding carboxylic acids is 1. The number of benzene rings is 1. The fourth-order valence-electron chi connectivity index (χ4n) is 2.88. The topological polar surface area (TPSA) is 29.5 Å². The van der Waals surface area contributed by atoms with Crippen molar-refractivity contribution >= 4 is 17.2 Å². The number of ether oxygens (including phenoxy) is 1. The van der Waals surface area contributed by atoms with Gasteiger partial charge >= 0.3 is 0 Å². The van der Waals surface area contributed by atoms with Gasteiger partial charge in [0.2, 0.25) is 0 Å². The van der Waals surface area contributed by atoms with Gasteiger partial charge in [0.15, 0.2) is 0 Å². The molecule has 0 aliphatic carbocycles. The van der Waals surface area contributed by atoms with Crippen LogP contribution in [0.5, 0.6) is 0 Å². The van der Waals surface area contributed by atoms with Crippen molar-refractivity contribution in [3.8, 4) is 0 Å². The molecule has 5 heteroatoms. The Balaban J connectivity index is 1.85. The minimum Gasteiger partial charge on any atom is -0.381 e. The highest BCUT2D eigenvalue weighted by molar-refractivity contribution is 7.08. The van der Waals surface area contributed by atoms with Crippen LogP contribution in [0.2, 0.25) is 0 Å². The molecule has 2 aromatic rings. The van der Waals surface area contributed by atoms with Crippen molar-refractivity contribution in [1.82, 2.24) is 4.90 Å². The summed E-state index contributed by atoms with van der Waals surface area (Å²) in [7, 11) is 0. The van der Waals surface area contributed by atoms with Gasteiger partial charge in [0.05, 0.1) is 5.56 Å². The van der Waals surface area contributed by atoms with Crippen LogP contribution in [0.1, 0.15) is 34.3 Å². The van der Waals surface area contributed by atoms with Crippen molar-refractivity contribution in [3.63, 3.8) is 0 Å². The third-order valence-corrected chi connectivity index (χ3v) is 5.11. The van der Waals surface area contributed by atoms with E-state index in [0.29, 0.717) is 19.8 Å². The lowest BCUT2D eigenvalue weighted by molar-refractivity contribution is 0.0267. The SMILES string of the molecule is Cc1cscc1C(=O)N(Cc1ccc(F)cc1)C1CCOCC1. The van der Waals surface area contributed by atoms with Crippen molar-refractivity contribution in [1.29, 1.82) is 0 Å². The van der Waals surface area contributed by atoms with Crippen LogP contribution in [0, 0.1) is 12.7 Å². The van der Waals surface area contributed by atoms with E-state index in [1.165, 1.54) is 12.1 Å². The normalized spacial score (nSPS) is 15.6. The number of halogens is 1. The number of carbonyl (C=O) groups is 1. The highest BCUT2D eigenvalue weighted by Gasteiger charge is 2.27. The van der Waals surface area contributed by atoms with E-state index >= 15 is 0 Å². The molecular formula is C18H20FNO2S. The van der Waals surface area contributed by atoms with E-state index in [0.717, 1.165) is 29.5 Å². The Hall–Kier alpha value is -1.72. The van der Waals surface area contributed by atoms with Crippen molar-refractivity contribution in [3.05, 3.63) is 57.5 Å². The zero-order valence-corrected chi connectivity index (χ0v) is 13.9. The van der Waals surface area contributed by atoms with Gasteiger partial charge in [-0.25, -0.2) is 4.39 Å². The molecule has 0 unspecified atom stereocenters. The lowest BCUT2D eigenvalue weighted by Gasteiger charge is -2.34. The summed E-state index contributed by atoms with van der Waals surface area (Å²) in [6.07, 6.45) is 1.69. The number of aryl methyl sites for hydroxylation is 1.